The Morgan fingerprint density at radius 1 is 1.25 bits per heavy atom. The van der Waals surface area contributed by atoms with Gasteiger partial charge in [-0.05, 0) is 36.8 Å². The molecule has 3 rings (SSSR count). The molecule has 98 valence electrons. The highest BCUT2D eigenvalue weighted by Gasteiger charge is 2.13. The molecular formula is C16H12ClN3. The average molecular weight is 282 g/mol. The summed E-state index contributed by atoms with van der Waals surface area (Å²) < 4.78 is 1.97. The summed E-state index contributed by atoms with van der Waals surface area (Å²) in [5.41, 5.74) is 4.73. The van der Waals surface area contributed by atoms with Gasteiger partial charge in [0.05, 0.1) is 23.9 Å². The number of aryl methyl sites for hydroxylation is 1. The summed E-state index contributed by atoms with van der Waals surface area (Å²) in [5, 5.41) is 9.75. The van der Waals surface area contributed by atoms with Crippen molar-refractivity contribution in [3.63, 3.8) is 0 Å². The summed E-state index contributed by atoms with van der Waals surface area (Å²) in [6.07, 6.45) is 2.28. The fourth-order valence-electron chi connectivity index (χ4n) is 2.28. The van der Waals surface area contributed by atoms with Gasteiger partial charge in [0.1, 0.15) is 5.65 Å². The number of hydrogen-bond acceptors (Lipinski definition) is 2. The number of rotatable bonds is 2. The van der Waals surface area contributed by atoms with Crippen LogP contribution in [0.1, 0.15) is 11.3 Å². The van der Waals surface area contributed by atoms with E-state index < -0.39 is 0 Å². The molecular weight excluding hydrogens is 270 g/mol. The normalized spacial score (nSPS) is 10.7. The largest absolute Gasteiger partial charge is 0.302 e. The fourth-order valence-corrected chi connectivity index (χ4v) is 2.41. The molecule has 0 N–H and O–H groups in total. The van der Waals surface area contributed by atoms with Gasteiger partial charge in [-0.15, -0.1) is 0 Å². The van der Waals surface area contributed by atoms with Gasteiger partial charge >= 0.3 is 0 Å². The maximum atomic E-state index is 9.06. The highest BCUT2D eigenvalue weighted by atomic mass is 35.5. The summed E-state index contributed by atoms with van der Waals surface area (Å²) in [6.45, 7) is 2.03. The Morgan fingerprint density at radius 2 is 2.00 bits per heavy atom. The molecule has 20 heavy (non-hydrogen) atoms. The van der Waals surface area contributed by atoms with Crippen molar-refractivity contribution in [1.29, 1.82) is 5.26 Å². The van der Waals surface area contributed by atoms with Crippen LogP contribution in [0.4, 0.5) is 0 Å². The van der Waals surface area contributed by atoms with Crippen LogP contribution in [0, 0.1) is 18.3 Å². The van der Waals surface area contributed by atoms with E-state index in [1.807, 2.05) is 53.9 Å². The van der Waals surface area contributed by atoms with Gasteiger partial charge in [-0.1, -0.05) is 23.7 Å². The van der Waals surface area contributed by atoms with Crippen molar-refractivity contribution in [3.05, 3.63) is 58.9 Å². The zero-order chi connectivity index (χ0) is 14.1. The predicted octanol–water partition coefficient (Wildman–Crippen LogP) is 4.03. The van der Waals surface area contributed by atoms with E-state index in [4.69, 9.17) is 16.9 Å². The van der Waals surface area contributed by atoms with E-state index in [0.717, 1.165) is 28.2 Å². The van der Waals surface area contributed by atoms with Crippen LogP contribution < -0.4 is 0 Å². The predicted molar refractivity (Wildman–Crippen MR) is 79.7 cm³/mol. The highest BCUT2D eigenvalue weighted by molar-refractivity contribution is 6.30. The molecule has 0 aliphatic heterocycles. The number of pyridine rings is 1. The topological polar surface area (TPSA) is 41.1 Å². The van der Waals surface area contributed by atoms with Crippen molar-refractivity contribution in [2.45, 2.75) is 13.3 Å². The number of aromatic nitrogens is 2. The van der Waals surface area contributed by atoms with Crippen LogP contribution in [-0.4, -0.2) is 9.38 Å². The first-order chi connectivity index (χ1) is 9.69. The monoisotopic (exact) mass is 281 g/mol. The second-order valence-corrected chi connectivity index (χ2v) is 5.12. The Bertz CT molecular complexity index is 810. The number of hydrogen-bond donors (Lipinski definition) is 0. The Labute approximate surface area is 122 Å². The van der Waals surface area contributed by atoms with E-state index in [9.17, 15) is 0 Å². The second-order valence-electron chi connectivity index (χ2n) is 4.68. The van der Waals surface area contributed by atoms with Gasteiger partial charge in [-0.25, -0.2) is 4.98 Å². The SMILES string of the molecule is Cc1ccn2c(CC#N)c(-c3ccc(Cl)cc3)nc2c1. The molecule has 0 saturated heterocycles. The maximum absolute atomic E-state index is 9.06. The molecule has 0 atom stereocenters. The molecule has 0 unspecified atom stereocenters. The molecule has 0 aliphatic rings. The third kappa shape index (κ3) is 2.15. The van der Waals surface area contributed by atoms with Gasteiger partial charge in [0.2, 0.25) is 0 Å². The third-order valence-corrected chi connectivity index (χ3v) is 3.50. The van der Waals surface area contributed by atoms with E-state index in [2.05, 4.69) is 11.1 Å². The minimum atomic E-state index is 0.322. The molecule has 3 nitrogen and oxygen atoms in total. The summed E-state index contributed by atoms with van der Waals surface area (Å²) in [5.74, 6) is 0. The lowest BCUT2D eigenvalue weighted by atomic mass is 10.1. The molecule has 0 aliphatic carbocycles. The van der Waals surface area contributed by atoms with Crippen molar-refractivity contribution >= 4 is 17.2 Å². The minimum absolute atomic E-state index is 0.322. The van der Waals surface area contributed by atoms with Gasteiger partial charge in [-0.2, -0.15) is 5.26 Å². The standard InChI is InChI=1S/C16H12ClN3/c1-11-7-9-20-14(6-8-18)16(19-15(20)10-11)12-2-4-13(17)5-3-12/h2-5,7,9-10H,6H2,1H3. The Morgan fingerprint density at radius 3 is 2.70 bits per heavy atom. The zero-order valence-corrected chi connectivity index (χ0v) is 11.7. The van der Waals surface area contributed by atoms with Gasteiger partial charge in [0.25, 0.3) is 0 Å². The van der Waals surface area contributed by atoms with E-state index in [-0.39, 0.29) is 0 Å². The molecule has 0 radical (unpaired) electrons. The molecule has 3 aromatic rings. The average Bonchev–Trinajstić information content (AvgIpc) is 2.78. The number of benzene rings is 1. The molecule has 0 amide bonds. The van der Waals surface area contributed by atoms with E-state index in [1.54, 1.807) is 0 Å². The van der Waals surface area contributed by atoms with Crippen molar-refractivity contribution in [2.75, 3.05) is 0 Å². The highest BCUT2D eigenvalue weighted by Crippen LogP contribution is 2.26. The number of fused-ring (bicyclic) bond motifs is 1. The maximum Gasteiger partial charge on any atom is 0.137 e. The van der Waals surface area contributed by atoms with Crippen LogP contribution >= 0.6 is 11.6 Å². The first-order valence-corrected chi connectivity index (χ1v) is 6.67. The molecule has 4 heteroatoms. The molecule has 0 bridgehead atoms. The fraction of sp³-hybridized carbons (Fsp3) is 0.125. The van der Waals surface area contributed by atoms with Crippen molar-refractivity contribution < 1.29 is 0 Å². The van der Waals surface area contributed by atoms with Crippen LogP contribution in [0.5, 0.6) is 0 Å². The van der Waals surface area contributed by atoms with Crippen LogP contribution in [0.25, 0.3) is 16.9 Å². The van der Waals surface area contributed by atoms with Crippen LogP contribution in [0.2, 0.25) is 5.02 Å². The minimum Gasteiger partial charge on any atom is -0.302 e. The number of halogens is 1. The molecule has 2 heterocycles. The molecule has 1 aromatic carbocycles. The van der Waals surface area contributed by atoms with Gasteiger partial charge in [0.15, 0.2) is 0 Å². The van der Waals surface area contributed by atoms with E-state index in [0.29, 0.717) is 11.4 Å². The van der Waals surface area contributed by atoms with Crippen molar-refractivity contribution in [3.8, 4) is 17.3 Å². The van der Waals surface area contributed by atoms with Gasteiger partial charge in [-0.3, -0.25) is 0 Å². The van der Waals surface area contributed by atoms with Gasteiger partial charge < -0.3 is 4.40 Å². The smallest absolute Gasteiger partial charge is 0.137 e. The summed E-state index contributed by atoms with van der Waals surface area (Å²) in [7, 11) is 0. The molecule has 0 spiro atoms. The lowest BCUT2D eigenvalue weighted by molar-refractivity contribution is 1.05. The van der Waals surface area contributed by atoms with Crippen LogP contribution in [-0.2, 0) is 6.42 Å². The summed E-state index contributed by atoms with van der Waals surface area (Å²) in [4.78, 5) is 4.66. The Balaban J connectivity index is 2.26. The van der Waals surface area contributed by atoms with E-state index >= 15 is 0 Å². The lowest BCUT2D eigenvalue weighted by Gasteiger charge is -2.01. The number of nitriles is 1. The first-order valence-electron chi connectivity index (χ1n) is 6.29. The number of nitrogens with zero attached hydrogens (tertiary/aromatic N) is 3. The summed E-state index contributed by atoms with van der Waals surface area (Å²) in [6, 6.07) is 13.8. The molecule has 2 aromatic heterocycles. The second kappa shape index (κ2) is 4.99. The molecule has 0 saturated carbocycles. The van der Waals surface area contributed by atoms with Crippen molar-refractivity contribution in [1.82, 2.24) is 9.38 Å². The Kier molecular flexibility index (Phi) is 3.17. The quantitative estimate of drug-likeness (QED) is 0.711. The lowest BCUT2D eigenvalue weighted by Crippen LogP contribution is -1.93. The molecule has 0 fully saturated rings. The zero-order valence-electron chi connectivity index (χ0n) is 11.0. The first kappa shape index (κ1) is 12.7. The van der Waals surface area contributed by atoms with E-state index in [1.165, 1.54) is 0 Å². The van der Waals surface area contributed by atoms with Crippen LogP contribution in [0.15, 0.2) is 42.6 Å². The van der Waals surface area contributed by atoms with Crippen molar-refractivity contribution in [2.24, 2.45) is 0 Å². The Hall–Kier alpha value is -2.31. The summed E-state index contributed by atoms with van der Waals surface area (Å²) >= 11 is 5.92. The number of imidazole rings is 1. The van der Waals surface area contributed by atoms with Crippen LogP contribution in [0.3, 0.4) is 0 Å². The van der Waals surface area contributed by atoms with Gasteiger partial charge in [0, 0.05) is 16.8 Å². The third-order valence-electron chi connectivity index (χ3n) is 3.24.